The van der Waals surface area contributed by atoms with Gasteiger partial charge in [0.05, 0.1) is 24.9 Å². The lowest BCUT2D eigenvalue weighted by atomic mass is 9.77. The molecule has 0 unspecified atom stereocenters. The zero-order valence-electron chi connectivity index (χ0n) is 13.3. The summed E-state index contributed by atoms with van der Waals surface area (Å²) in [6.07, 6.45) is 6.62. The molecule has 1 aliphatic carbocycles. The van der Waals surface area contributed by atoms with Crippen molar-refractivity contribution in [1.29, 1.82) is 0 Å². The summed E-state index contributed by atoms with van der Waals surface area (Å²) in [6.45, 7) is 12.0. The highest BCUT2D eigenvalue weighted by Crippen LogP contribution is 2.35. The van der Waals surface area contributed by atoms with Crippen LogP contribution in [0.5, 0.6) is 0 Å². The molecule has 3 nitrogen and oxygen atoms in total. The van der Waals surface area contributed by atoms with Gasteiger partial charge in [0, 0.05) is 6.54 Å². The summed E-state index contributed by atoms with van der Waals surface area (Å²) in [7, 11) is 0. The Bertz CT molecular complexity index is 223. The molecule has 3 heteroatoms. The Balaban J connectivity index is 2.38. The Morgan fingerprint density at radius 3 is 2.37 bits per heavy atom. The van der Waals surface area contributed by atoms with Crippen molar-refractivity contribution < 1.29 is 9.47 Å². The van der Waals surface area contributed by atoms with Gasteiger partial charge in [-0.15, -0.1) is 0 Å². The van der Waals surface area contributed by atoms with Crippen LogP contribution in [-0.4, -0.2) is 38.0 Å². The van der Waals surface area contributed by atoms with Gasteiger partial charge in [-0.05, 0) is 52.0 Å². The van der Waals surface area contributed by atoms with Gasteiger partial charge in [0.25, 0.3) is 0 Å². The van der Waals surface area contributed by atoms with Gasteiger partial charge >= 0.3 is 0 Å². The minimum atomic E-state index is 0.0576. The Morgan fingerprint density at radius 2 is 1.84 bits per heavy atom. The van der Waals surface area contributed by atoms with Gasteiger partial charge in [-0.1, -0.05) is 20.3 Å². The third-order valence-corrected chi connectivity index (χ3v) is 4.23. The van der Waals surface area contributed by atoms with Crippen LogP contribution in [0.15, 0.2) is 0 Å². The number of ether oxygens (including phenoxy) is 2. The van der Waals surface area contributed by atoms with E-state index in [9.17, 15) is 0 Å². The fourth-order valence-corrected chi connectivity index (χ4v) is 2.88. The molecule has 0 spiro atoms. The van der Waals surface area contributed by atoms with Gasteiger partial charge in [-0.3, -0.25) is 0 Å². The van der Waals surface area contributed by atoms with E-state index in [1.807, 2.05) is 0 Å². The number of likely N-dealkylation sites (N-methyl/N-ethyl adjacent to an activating group) is 1. The zero-order chi connectivity index (χ0) is 14.1. The van der Waals surface area contributed by atoms with Crippen molar-refractivity contribution in [3.8, 4) is 0 Å². The maximum absolute atomic E-state index is 6.23. The van der Waals surface area contributed by atoms with Crippen LogP contribution in [0.2, 0.25) is 0 Å². The normalized spacial score (nSPS) is 27.9. The van der Waals surface area contributed by atoms with Crippen molar-refractivity contribution in [1.82, 2.24) is 5.32 Å². The first-order valence-corrected chi connectivity index (χ1v) is 8.08. The highest BCUT2D eigenvalue weighted by molar-refractivity contribution is 4.89. The molecule has 19 heavy (non-hydrogen) atoms. The van der Waals surface area contributed by atoms with Gasteiger partial charge < -0.3 is 14.8 Å². The molecule has 0 amide bonds. The first kappa shape index (κ1) is 16.9. The Morgan fingerprint density at radius 1 is 1.16 bits per heavy atom. The molecule has 1 rings (SSSR count). The minimum absolute atomic E-state index is 0.0576. The SMILES string of the molecule is CCNCC1(OCCOC(C)C)CCC(CC)CC1. The second-order valence-corrected chi connectivity index (χ2v) is 6.08. The number of hydrogen-bond acceptors (Lipinski definition) is 3. The van der Waals surface area contributed by atoms with Crippen molar-refractivity contribution in [2.75, 3.05) is 26.3 Å². The Labute approximate surface area is 119 Å². The van der Waals surface area contributed by atoms with Crippen molar-refractivity contribution in [2.24, 2.45) is 5.92 Å². The summed E-state index contributed by atoms with van der Waals surface area (Å²) in [6, 6.07) is 0. The summed E-state index contributed by atoms with van der Waals surface area (Å²) >= 11 is 0. The quantitative estimate of drug-likeness (QED) is 0.652. The van der Waals surface area contributed by atoms with Gasteiger partial charge in [0.15, 0.2) is 0 Å². The molecule has 0 atom stereocenters. The Hall–Kier alpha value is -0.120. The van der Waals surface area contributed by atoms with Crippen molar-refractivity contribution in [3.63, 3.8) is 0 Å². The molecule has 0 saturated heterocycles. The molecular weight excluding hydrogens is 238 g/mol. The van der Waals surface area contributed by atoms with Crippen molar-refractivity contribution in [3.05, 3.63) is 0 Å². The van der Waals surface area contributed by atoms with Crippen LogP contribution in [0, 0.1) is 5.92 Å². The second kappa shape index (κ2) is 8.93. The lowest BCUT2D eigenvalue weighted by molar-refractivity contribution is -0.0974. The number of nitrogens with one attached hydrogen (secondary N) is 1. The summed E-state index contributed by atoms with van der Waals surface area (Å²) in [5, 5.41) is 3.48. The van der Waals surface area contributed by atoms with Gasteiger partial charge in [-0.25, -0.2) is 0 Å². The summed E-state index contributed by atoms with van der Waals surface area (Å²) < 4.78 is 11.8. The van der Waals surface area contributed by atoms with E-state index in [4.69, 9.17) is 9.47 Å². The average Bonchev–Trinajstić information content (AvgIpc) is 2.42. The maximum Gasteiger partial charge on any atom is 0.0807 e. The van der Waals surface area contributed by atoms with Crippen LogP contribution in [0.4, 0.5) is 0 Å². The molecule has 0 aromatic rings. The molecular formula is C16H33NO2. The van der Waals surface area contributed by atoms with Gasteiger partial charge in [0.1, 0.15) is 0 Å². The third kappa shape index (κ3) is 6.24. The fourth-order valence-electron chi connectivity index (χ4n) is 2.88. The van der Waals surface area contributed by atoms with E-state index in [0.717, 1.165) is 25.6 Å². The van der Waals surface area contributed by atoms with Crippen LogP contribution >= 0.6 is 0 Å². The van der Waals surface area contributed by atoms with Crippen molar-refractivity contribution in [2.45, 2.75) is 71.5 Å². The lowest BCUT2D eigenvalue weighted by Gasteiger charge is -2.40. The molecule has 0 aromatic carbocycles. The summed E-state index contributed by atoms with van der Waals surface area (Å²) in [5.41, 5.74) is 0.0576. The predicted molar refractivity (Wildman–Crippen MR) is 80.6 cm³/mol. The molecule has 0 aliphatic heterocycles. The van der Waals surface area contributed by atoms with Crippen LogP contribution in [0.25, 0.3) is 0 Å². The van der Waals surface area contributed by atoms with E-state index in [-0.39, 0.29) is 5.60 Å². The first-order valence-electron chi connectivity index (χ1n) is 8.08. The topological polar surface area (TPSA) is 30.5 Å². The molecule has 1 fully saturated rings. The largest absolute Gasteiger partial charge is 0.376 e. The lowest BCUT2D eigenvalue weighted by Crippen LogP contribution is -2.46. The molecule has 1 aliphatic rings. The van der Waals surface area contributed by atoms with Crippen LogP contribution < -0.4 is 5.32 Å². The van der Waals surface area contributed by atoms with Gasteiger partial charge in [0.2, 0.25) is 0 Å². The average molecular weight is 271 g/mol. The molecule has 0 bridgehead atoms. The summed E-state index contributed by atoms with van der Waals surface area (Å²) in [5.74, 6) is 0.908. The van der Waals surface area contributed by atoms with E-state index in [1.54, 1.807) is 0 Å². The smallest absolute Gasteiger partial charge is 0.0807 e. The van der Waals surface area contributed by atoms with Crippen LogP contribution in [0.1, 0.15) is 59.8 Å². The van der Waals surface area contributed by atoms with E-state index >= 15 is 0 Å². The molecule has 1 N–H and O–H groups in total. The number of rotatable bonds is 9. The zero-order valence-corrected chi connectivity index (χ0v) is 13.3. The van der Waals surface area contributed by atoms with Crippen LogP contribution in [0.3, 0.4) is 0 Å². The molecule has 0 aromatic heterocycles. The molecule has 1 saturated carbocycles. The molecule has 0 radical (unpaired) electrons. The summed E-state index contributed by atoms with van der Waals surface area (Å²) in [4.78, 5) is 0. The standard InChI is InChI=1S/C16H33NO2/c1-5-15-7-9-16(10-8-15,13-17-6-2)19-12-11-18-14(3)4/h14-15,17H,5-13H2,1-4H3. The van der Waals surface area contributed by atoms with Crippen molar-refractivity contribution >= 4 is 0 Å². The molecule has 0 heterocycles. The second-order valence-electron chi connectivity index (χ2n) is 6.08. The van der Waals surface area contributed by atoms with E-state index in [2.05, 4.69) is 33.0 Å². The van der Waals surface area contributed by atoms with E-state index < -0.39 is 0 Å². The fraction of sp³-hybridized carbons (Fsp3) is 1.00. The first-order chi connectivity index (χ1) is 9.12. The monoisotopic (exact) mass is 271 g/mol. The van der Waals surface area contributed by atoms with E-state index in [1.165, 1.54) is 32.1 Å². The third-order valence-electron chi connectivity index (χ3n) is 4.23. The highest BCUT2D eigenvalue weighted by Gasteiger charge is 2.35. The maximum atomic E-state index is 6.23. The highest BCUT2D eigenvalue weighted by atomic mass is 16.5. The predicted octanol–water partition coefficient (Wildman–Crippen LogP) is 3.38. The van der Waals surface area contributed by atoms with Gasteiger partial charge in [-0.2, -0.15) is 0 Å². The Kier molecular flexibility index (Phi) is 7.96. The van der Waals surface area contributed by atoms with E-state index in [0.29, 0.717) is 12.7 Å². The van der Waals surface area contributed by atoms with Crippen LogP contribution in [-0.2, 0) is 9.47 Å². The minimum Gasteiger partial charge on any atom is -0.376 e. The number of hydrogen-bond donors (Lipinski definition) is 1. The molecule has 114 valence electrons.